The smallest absolute Gasteiger partial charge is 0.275 e. The van der Waals surface area contributed by atoms with E-state index in [4.69, 9.17) is 23.2 Å². The molecule has 0 saturated carbocycles. The van der Waals surface area contributed by atoms with Gasteiger partial charge in [0.25, 0.3) is 11.8 Å². The third kappa shape index (κ3) is 4.43. The number of nitrogens with one attached hydrogen (secondary N) is 2. The summed E-state index contributed by atoms with van der Waals surface area (Å²) >= 11 is 11.8. The van der Waals surface area contributed by atoms with E-state index in [9.17, 15) is 9.59 Å². The third-order valence-electron chi connectivity index (χ3n) is 2.87. The van der Waals surface area contributed by atoms with E-state index >= 15 is 0 Å². The molecule has 0 aliphatic carbocycles. The van der Waals surface area contributed by atoms with Crippen LogP contribution in [0, 0.1) is 0 Å². The number of aromatic nitrogens is 1. The minimum Gasteiger partial charge on any atom is -0.350 e. The Hall–Kier alpha value is -2.11. The largest absolute Gasteiger partial charge is 0.350 e. The summed E-state index contributed by atoms with van der Waals surface area (Å²) in [6.45, 7) is 3.71. The van der Waals surface area contributed by atoms with Crippen LogP contribution in [0.5, 0.6) is 0 Å². The van der Waals surface area contributed by atoms with Crippen molar-refractivity contribution in [3.8, 4) is 0 Å². The summed E-state index contributed by atoms with van der Waals surface area (Å²) in [5.41, 5.74) is 0.722. The zero-order valence-corrected chi connectivity index (χ0v) is 14.1. The summed E-state index contributed by atoms with van der Waals surface area (Å²) in [5.74, 6) is -0.816. The number of benzene rings is 1. The molecule has 2 N–H and O–H groups in total. The van der Waals surface area contributed by atoms with Gasteiger partial charge in [0.2, 0.25) is 0 Å². The lowest BCUT2D eigenvalue weighted by Crippen LogP contribution is -2.31. The third-order valence-corrected chi connectivity index (χ3v) is 3.38. The van der Waals surface area contributed by atoms with Crippen LogP contribution in [0.4, 0.5) is 5.69 Å². The molecule has 0 aliphatic rings. The summed E-state index contributed by atoms with van der Waals surface area (Å²) < 4.78 is 0. The topological polar surface area (TPSA) is 71.1 Å². The summed E-state index contributed by atoms with van der Waals surface area (Å²) in [4.78, 5) is 28.4. The average Bonchev–Trinajstić information content (AvgIpc) is 2.49. The number of hydrogen-bond donors (Lipinski definition) is 2. The molecule has 0 unspecified atom stereocenters. The van der Waals surface area contributed by atoms with Crippen LogP contribution in [0.3, 0.4) is 0 Å². The van der Waals surface area contributed by atoms with Gasteiger partial charge < -0.3 is 10.6 Å². The van der Waals surface area contributed by atoms with Gasteiger partial charge in [0.05, 0.1) is 16.3 Å². The lowest BCUT2D eigenvalue weighted by atomic mass is 10.1. The maximum Gasteiger partial charge on any atom is 0.275 e. The molecule has 0 spiro atoms. The van der Waals surface area contributed by atoms with E-state index in [1.54, 1.807) is 24.3 Å². The lowest BCUT2D eigenvalue weighted by Gasteiger charge is -2.13. The van der Waals surface area contributed by atoms with Crippen molar-refractivity contribution in [3.63, 3.8) is 0 Å². The van der Waals surface area contributed by atoms with Gasteiger partial charge in [0, 0.05) is 6.04 Å². The number of carbonyl (C=O) groups excluding carboxylic acids is 2. The van der Waals surface area contributed by atoms with Crippen LogP contribution in [0.25, 0.3) is 0 Å². The standard InChI is InChI=1S/C16H15Cl2N3O2/c1-9(2)19-15(22)10-5-3-4-6-12(10)20-16(23)14-11(17)7-8-13(18)21-14/h3-9H,1-2H3,(H,19,22)(H,20,23). The van der Waals surface area contributed by atoms with E-state index in [0.29, 0.717) is 11.3 Å². The SMILES string of the molecule is CC(C)NC(=O)c1ccccc1NC(=O)c1nc(Cl)ccc1Cl. The monoisotopic (exact) mass is 351 g/mol. The fourth-order valence-electron chi connectivity index (χ4n) is 1.89. The molecule has 0 radical (unpaired) electrons. The first-order chi connectivity index (χ1) is 10.9. The first-order valence-electron chi connectivity index (χ1n) is 6.91. The molecule has 1 aromatic heterocycles. The lowest BCUT2D eigenvalue weighted by molar-refractivity contribution is 0.0944. The Bertz CT molecular complexity index is 748. The number of anilines is 1. The highest BCUT2D eigenvalue weighted by Gasteiger charge is 2.17. The van der Waals surface area contributed by atoms with Crippen LogP contribution in [-0.4, -0.2) is 22.8 Å². The number of carbonyl (C=O) groups is 2. The molecule has 7 heteroatoms. The van der Waals surface area contributed by atoms with Crippen LogP contribution in [0.15, 0.2) is 36.4 Å². The normalized spacial score (nSPS) is 10.5. The van der Waals surface area contributed by atoms with Gasteiger partial charge in [-0.05, 0) is 38.1 Å². The number of pyridine rings is 1. The van der Waals surface area contributed by atoms with Crippen molar-refractivity contribution in [1.82, 2.24) is 10.3 Å². The fourth-order valence-corrected chi connectivity index (χ4v) is 2.23. The molecule has 1 aromatic carbocycles. The van der Waals surface area contributed by atoms with Crippen molar-refractivity contribution in [3.05, 3.63) is 57.8 Å². The van der Waals surface area contributed by atoms with E-state index in [1.807, 2.05) is 13.8 Å². The summed E-state index contributed by atoms with van der Waals surface area (Å²) in [6, 6.07) is 9.65. The Morgan fingerprint density at radius 3 is 2.43 bits per heavy atom. The minimum absolute atomic E-state index is 0.00163. The second kappa shape index (κ2) is 7.44. The van der Waals surface area contributed by atoms with Crippen molar-refractivity contribution in [2.45, 2.75) is 19.9 Å². The molecule has 5 nitrogen and oxygen atoms in total. The van der Waals surface area contributed by atoms with Crippen molar-refractivity contribution in [1.29, 1.82) is 0 Å². The van der Waals surface area contributed by atoms with Gasteiger partial charge in [-0.3, -0.25) is 9.59 Å². The predicted molar refractivity (Wildman–Crippen MR) is 91.3 cm³/mol. The van der Waals surface area contributed by atoms with Crippen LogP contribution < -0.4 is 10.6 Å². The maximum absolute atomic E-state index is 12.3. The molecule has 2 aromatic rings. The number of nitrogens with zero attached hydrogens (tertiary/aromatic N) is 1. The van der Waals surface area contributed by atoms with Crippen molar-refractivity contribution in [2.75, 3.05) is 5.32 Å². The van der Waals surface area contributed by atoms with E-state index in [2.05, 4.69) is 15.6 Å². The van der Waals surface area contributed by atoms with E-state index in [0.717, 1.165) is 0 Å². The Balaban J connectivity index is 2.28. The van der Waals surface area contributed by atoms with Crippen LogP contribution in [0.2, 0.25) is 10.2 Å². The molecule has 0 atom stereocenters. The summed E-state index contributed by atoms with van der Waals surface area (Å²) in [6.07, 6.45) is 0. The predicted octanol–water partition coefficient (Wildman–Crippen LogP) is 3.78. The Morgan fingerprint density at radius 2 is 1.74 bits per heavy atom. The summed E-state index contributed by atoms with van der Waals surface area (Å²) in [7, 11) is 0. The zero-order chi connectivity index (χ0) is 17.0. The molecule has 0 bridgehead atoms. The van der Waals surface area contributed by atoms with Crippen molar-refractivity contribution >= 4 is 40.7 Å². The summed E-state index contributed by atoms with van der Waals surface area (Å²) in [5, 5.41) is 5.76. The molecule has 2 amide bonds. The van der Waals surface area contributed by atoms with Crippen molar-refractivity contribution < 1.29 is 9.59 Å². The molecule has 0 saturated heterocycles. The number of rotatable bonds is 4. The highest BCUT2D eigenvalue weighted by atomic mass is 35.5. The number of halogens is 2. The van der Waals surface area contributed by atoms with Crippen LogP contribution in [-0.2, 0) is 0 Å². The highest BCUT2D eigenvalue weighted by molar-refractivity contribution is 6.35. The quantitative estimate of drug-likeness (QED) is 0.823. The fraction of sp³-hybridized carbons (Fsp3) is 0.188. The molecular formula is C16H15Cl2N3O2. The molecule has 2 rings (SSSR count). The molecule has 120 valence electrons. The number of amides is 2. The highest BCUT2D eigenvalue weighted by Crippen LogP contribution is 2.20. The van der Waals surface area contributed by atoms with Crippen LogP contribution >= 0.6 is 23.2 Å². The van der Waals surface area contributed by atoms with E-state index in [1.165, 1.54) is 12.1 Å². The molecule has 1 heterocycles. The Kier molecular flexibility index (Phi) is 5.58. The van der Waals surface area contributed by atoms with Crippen molar-refractivity contribution in [2.24, 2.45) is 0 Å². The Labute approximate surface area is 144 Å². The number of para-hydroxylation sites is 1. The van der Waals surface area contributed by atoms with E-state index < -0.39 is 5.91 Å². The van der Waals surface area contributed by atoms with Gasteiger partial charge in [-0.15, -0.1) is 0 Å². The van der Waals surface area contributed by atoms with Gasteiger partial charge in [-0.2, -0.15) is 0 Å². The second-order valence-corrected chi connectivity index (χ2v) is 5.89. The van der Waals surface area contributed by atoms with Crippen LogP contribution in [0.1, 0.15) is 34.7 Å². The number of hydrogen-bond acceptors (Lipinski definition) is 3. The Morgan fingerprint density at radius 1 is 1.04 bits per heavy atom. The van der Waals surface area contributed by atoms with Gasteiger partial charge >= 0.3 is 0 Å². The van der Waals surface area contributed by atoms with Gasteiger partial charge in [-0.25, -0.2) is 4.98 Å². The first kappa shape index (κ1) is 17.2. The van der Waals surface area contributed by atoms with Gasteiger partial charge in [-0.1, -0.05) is 35.3 Å². The van der Waals surface area contributed by atoms with Gasteiger partial charge in [0.1, 0.15) is 10.8 Å². The molecular weight excluding hydrogens is 337 g/mol. The molecule has 0 fully saturated rings. The van der Waals surface area contributed by atoms with Gasteiger partial charge in [0.15, 0.2) is 0 Å². The van der Waals surface area contributed by atoms with E-state index in [-0.39, 0.29) is 27.8 Å². The molecule has 23 heavy (non-hydrogen) atoms. The maximum atomic E-state index is 12.3. The molecule has 0 aliphatic heterocycles. The minimum atomic E-state index is -0.540. The average molecular weight is 352 g/mol. The second-order valence-electron chi connectivity index (χ2n) is 5.09. The first-order valence-corrected chi connectivity index (χ1v) is 7.67. The zero-order valence-electron chi connectivity index (χ0n) is 12.6.